The van der Waals surface area contributed by atoms with Crippen molar-refractivity contribution in [3.05, 3.63) is 69.2 Å². The molecule has 0 aliphatic heterocycles. The Labute approximate surface area is 144 Å². The number of carbonyl (C=O) groups excluding carboxylic acids is 2. The summed E-state index contributed by atoms with van der Waals surface area (Å²) in [6.07, 6.45) is 0. The summed E-state index contributed by atoms with van der Waals surface area (Å²) < 4.78 is 4.94. The molecule has 4 nitrogen and oxygen atoms in total. The van der Waals surface area contributed by atoms with Crippen molar-refractivity contribution in [3.8, 4) is 0 Å². The van der Waals surface area contributed by atoms with Crippen LogP contribution in [0.25, 0.3) is 0 Å². The zero-order valence-electron chi connectivity index (χ0n) is 12.4. The molecular formula is C17H15Cl2NO3. The minimum Gasteiger partial charge on any atom is -0.452 e. The van der Waals surface area contributed by atoms with Crippen LogP contribution in [0.2, 0.25) is 10.0 Å². The molecule has 0 aliphatic carbocycles. The summed E-state index contributed by atoms with van der Waals surface area (Å²) in [5.41, 5.74) is 2.32. The molecule has 6 heteroatoms. The normalized spacial score (nSPS) is 10.2. The van der Waals surface area contributed by atoms with Gasteiger partial charge in [-0.1, -0.05) is 53.0 Å². The van der Waals surface area contributed by atoms with E-state index in [0.29, 0.717) is 16.6 Å². The summed E-state index contributed by atoms with van der Waals surface area (Å²) in [7, 11) is 0. The van der Waals surface area contributed by atoms with Crippen molar-refractivity contribution >= 4 is 35.1 Å². The van der Waals surface area contributed by atoms with Crippen LogP contribution in [0, 0.1) is 6.92 Å². The SMILES string of the molecule is Cc1ccc(CNC(=O)COC(=O)c2cc(Cl)cc(Cl)c2)cc1. The molecule has 0 aliphatic rings. The fourth-order valence-electron chi connectivity index (χ4n) is 1.84. The van der Waals surface area contributed by atoms with E-state index in [1.807, 2.05) is 31.2 Å². The fourth-order valence-corrected chi connectivity index (χ4v) is 2.37. The van der Waals surface area contributed by atoms with E-state index >= 15 is 0 Å². The maximum absolute atomic E-state index is 11.8. The largest absolute Gasteiger partial charge is 0.452 e. The van der Waals surface area contributed by atoms with E-state index in [2.05, 4.69) is 5.32 Å². The third-order valence-corrected chi connectivity index (χ3v) is 3.48. The zero-order chi connectivity index (χ0) is 16.8. The minimum absolute atomic E-state index is 0.203. The van der Waals surface area contributed by atoms with Gasteiger partial charge >= 0.3 is 5.97 Å². The molecule has 0 atom stereocenters. The number of aryl methyl sites for hydroxylation is 1. The summed E-state index contributed by atoms with van der Waals surface area (Å²) >= 11 is 11.6. The number of rotatable bonds is 5. The Morgan fingerprint density at radius 1 is 1.04 bits per heavy atom. The Bertz CT molecular complexity index is 694. The number of esters is 1. The number of halogens is 2. The Kier molecular flexibility index (Phi) is 6.02. The second-order valence-electron chi connectivity index (χ2n) is 5.00. The van der Waals surface area contributed by atoms with Gasteiger partial charge in [0.05, 0.1) is 5.56 Å². The van der Waals surface area contributed by atoms with Gasteiger partial charge in [-0.15, -0.1) is 0 Å². The van der Waals surface area contributed by atoms with Gasteiger partial charge in [-0.05, 0) is 30.7 Å². The standard InChI is InChI=1S/C17H15Cl2NO3/c1-11-2-4-12(5-3-11)9-20-16(21)10-23-17(22)13-6-14(18)8-15(19)7-13/h2-8H,9-10H2,1H3,(H,20,21). The Morgan fingerprint density at radius 3 is 2.26 bits per heavy atom. The van der Waals surface area contributed by atoms with Crippen LogP contribution in [0.1, 0.15) is 21.5 Å². The second kappa shape index (κ2) is 7.99. The Balaban J connectivity index is 1.81. The predicted molar refractivity (Wildman–Crippen MR) is 89.8 cm³/mol. The average molecular weight is 352 g/mol. The first kappa shape index (κ1) is 17.3. The summed E-state index contributed by atoms with van der Waals surface area (Å²) in [4.78, 5) is 23.6. The van der Waals surface area contributed by atoms with Gasteiger partial charge in [0, 0.05) is 16.6 Å². The molecule has 0 fully saturated rings. The lowest BCUT2D eigenvalue weighted by molar-refractivity contribution is -0.124. The first-order chi connectivity index (χ1) is 10.9. The lowest BCUT2D eigenvalue weighted by Gasteiger charge is -2.07. The maximum atomic E-state index is 11.8. The molecule has 1 amide bonds. The van der Waals surface area contributed by atoms with Crippen LogP contribution in [0.4, 0.5) is 0 Å². The van der Waals surface area contributed by atoms with Crippen molar-refractivity contribution in [3.63, 3.8) is 0 Å². The van der Waals surface area contributed by atoms with Crippen LogP contribution in [-0.4, -0.2) is 18.5 Å². The van der Waals surface area contributed by atoms with Gasteiger partial charge in [0.1, 0.15) is 0 Å². The predicted octanol–water partition coefficient (Wildman–Crippen LogP) is 3.78. The van der Waals surface area contributed by atoms with Gasteiger partial charge in [-0.3, -0.25) is 4.79 Å². The van der Waals surface area contributed by atoms with Crippen LogP contribution in [0.5, 0.6) is 0 Å². The van der Waals surface area contributed by atoms with E-state index in [-0.39, 0.29) is 18.1 Å². The second-order valence-corrected chi connectivity index (χ2v) is 5.87. The molecule has 0 unspecified atom stereocenters. The van der Waals surface area contributed by atoms with Crippen LogP contribution < -0.4 is 5.32 Å². The van der Waals surface area contributed by atoms with E-state index in [1.54, 1.807) is 0 Å². The molecule has 2 aromatic carbocycles. The summed E-state index contributed by atoms with van der Waals surface area (Å²) in [5.74, 6) is -1.04. The summed E-state index contributed by atoms with van der Waals surface area (Å²) in [5, 5.41) is 3.33. The van der Waals surface area contributed by atoms with E-state index < -0.39 is 5.97 Å². The van der Waals surface area contributed by atoms with Crippen molar-refractivity contribution in [1.82, 2.24) is 5.32 Å². The molecule has 0 spiro atoms. The molecule has 0 radical (unpaired) electrons. The Hall–Kier alpha value is -2.04. The number of ether oxygens (including phenoxy) is 1. The number of carbonyl (C=O) groups is 2. The number of nitrogens with one attached hydrogen (secondary N) is 1. The van der Waals surface area contributed by atoms with Gasteiger partial charge in [0.15, 0.2) is 6.61 Å². The highest BCUT2D eigenvalue weighted by atomic mass is 35.5. The van der Waals surface area contributed by atoms with E-state index in [1.165, 1.54) is 18.2 Å². The minimum atomic E-state index is -0.653. The zero-order valence-corrected chi connectivity index (χ0v) is 13.9. The third-order valence-electron chi connectivity index (χ3n) is 3.04. The molecule has 0 saturated heterocycles. The average Bonchev–Trinajstić information content (AvgIpc) is 2.51. The number of amides is 1. The number of benzene rings is 2. The molecule has 23 heavy (non-hydrogen) atoms. The molecule has 1 N–H and O–H groups in total. The van der Waals surface area contributed by atoms with Gasteiger partial charge in [0.2, 0.25) is 0 Å². The highest BCUT2D eigenvalue weighted by Gasteiger charge is 2.11. The number of hydrogen-bond donors (Lipinski definition) is 1. The first-order valence-corrected chi connectivity index (χ1v) is 7.65. The van der Waals surface area contributed by atoms with E-state index in [0.717, 1.165) is 11.1 Å². The van der Waals surface area contributed by atoms with Crippen molar-refractivity contribution in [2.45, 2.75) is 13.5 Å². The van der Waals surface area contributed by atoms with Crippen molar-refractivity contribution in [2.75, 3.05) is 6.61 Å². The van der Waals surface area contributed by atoms with Gasteiger partial charge in [-0.2, -0.15) is 0 Å². The van der Waals surface area contributed by atoms with Crippen LogP contribution >= 0.6 is 23.2 Å². The molecule has 2 rings (SSSR count). The van der Waals surface area contributed by atoms with Crippen LogP contribution in [0.15, 0.2) is 42.5 Å². The quantitative estimate of drug-likeness (QED) is 0.834. The molecule has 0 aromatic heterocycles. The molecule has 120 valence electrons. The lowest BCUT2D eigenvalue weighted by atomic mass is 10.1. The van der Waals surface area contributed by atoms with Crippen molar-refractivity contribution in [2.24, 2.45) is 0 Å². The van der Waals surface area contributed by atoms with Crippen LogP contribution in [-0.2, 0) is 16.1 Å². The van der Waals surface area contributed by atoms with Gasteiger partial charge in [0.25, 0.3) is 5.91 Å². The van der Waals surface area contributed by atoms with Crippen LogP contribution in [0.3, 0.4) is 0 Å². The lowest BCUT2D eigenvalue weighted by Crippen LogP contribution is -2.28. The fraction of sp³-hybridized carbons (Fsp3) is 0.176. The molecule has 2 aromatic rings. The van der Waals surface area contributed by atoms with E-state index in [9.17, 15) is 9.59 Å². The third kappa shape index (κ3) is 5.58. The molecule has 0 saturated carbocycles. The van der Waals surface area contributed by atoms with Gasteiger partial charge in [-0.25, -0.2) is 4.79 Å². The first-order valence-electron chi connectivity index (χ1n) is 6.89. The Morgan fingerprint density at radius 2 is 1.65 bits per heavy atom. The summed E-state index contributed by atoms with van der Waals surface area (Å²) in [6.45, 7) is 2.00. The number of hydrogen-bond acceptors (Lipinski definition) is 3. The smallest absolute Gasteiger partial charge is 0.338 e. The highest BCUT2D eigenvalue weighted by Crippen LogP contribution is 2.19. The monoisotopic (exact) mass is 351 g/mol. The van der Waals surface area contributed by atoms with Crippen molar-refractivity contribution < 1.29 is 14.3 Å². The molecular weight excluding hydrogens is 337 g/mol. The van der Waals surface area contributed by atoms with Crippen molar-refractivity contribution in [1.29, 1.82) is 0 Å². The molecule has 0 heterocycles. The maximum Gasteiger partial charge on any atom is 0.338 e. The topological polar surface area (TPSA) is 55.4 Å². The van der Waals surface area contributed by atoms with E-state index in [4.69, 9.17) is 27.9 Å². The highest BCUT2D eigenvalue weighted by molar-refractivity contribution is 6.35. The molecule has 0 bridgehead atoms. The summed E-state index contributed by atoms with van der Waals surface area (Å²) in [6, 6.07) is 12.1. The van der Waals surface area contributed by atoms with Gasteiger partial charge < -0.3 is 10.1 Å².